The zero-order valence-electron chi connectivity index (χ0n) is 20.2. The number of nitrogens with zero attached hydrogens (tertiary/aromatic N) is 3. The largest absolute Gasteiger partial charge is 0.342 e. The topological polar surface area (TPSA) is 123 Å². The summed E-state index contributed by atoms with van der Waals surface area (Å²) < 4.78 is 24.8. The van der Waals surface area contributed by atoms with Gasteiger partial charge < -0.3 is 10.6 Å². The van der Waals surface area contributed by atoms with Crippen LogP contribution in [0, 0.1) is 6.92 Å². The minimum Gasteiger partial charge on any atom is -0.342 e. The highest BCUT2D eigenvalue weighted by molar-refractivity contribution is 7.91. The lowest BCUT2D eigenvalue weighted by Crippen LogP contribution is -2.50. The van der Waals surface area contributed by atoms with Crippen LogP contribution in [0.2, 0.25) is 0 Å². The van der Waals surface area contributed by atoms with E-state index in [0.29, 0.717) is 23.9 Å². The number of carbonyl (C=O) groups excluding carboxylic acids is 2. The number of anilines is 1. The average Bonchev–Trinajstić information content (AvgIpc) is 3.52. The molecule has 6 rings (SSSR count). The minimum absolute atomic E-state index is 0.129. The summed E-state index contributed by atoms with van der Waals surface area (Å²) in [6, 6.07) is 10.2. The first-order valence-corrected chi connectivity index (χ1v) is 14.2. The van der Waals surface area contributed by atoms with Crippen molar-refractivity contribution in [2.45, 2.75) is 50.5 Å². The van der Waals surface area contributed by atoms with Crippen molar-refractivity contribution in [1.82, 2.24) is 20.1 Å². The maximum atomic E-state index is 13.6. The number of pyridine rings is 1. The third kappa shape index (κ3) is 3.99. The van der Waals surface area contributed by atoms with Crippen LogP contribution in [0.4, 0.5) is 5.82 Å². The summed E-state index contributed by atoms with van der Waals surface area (Å²) in [5.41, 5.74) is 4.95. The van der Waals surface area contributed by atoms with Gasteiger partial charge in [0.25, 0.3) is 5.91 Å². The van der Waals surface area contributed by atoms with Crippen LogP contribution in [0.15, 0.2) is 36.5 Å². The predicted molar refractivity (Wildman–Crippen MR) is 134 cm³/mol. The summed E-state index contributed by atoms with van der Waals surface area (Å²) in [4.78, 5) is 30.6. The Hall–Kier alpha value is -3.53. The molecule has 2 amide bonds. The standard InChI is InChI=1S/C26H27N5O4S/c1-15-3-8-21(27-13-15)31-24(28-22(32)14-36(2,34)35)23-20(30-31)12-26(29-25(23)33)10-9-18-11-17(16-4-5-16)6-7-19(18)26/h3,6-8,11,13,16H,4-5,9-10,12,14H2,1-2H3,(H,28,32)(H,29,33)/t26-/m0/s1. The van der Waals surface area contributed by atoms with Gasteiger partial charge in [-0.05, 0) is 66.8 Å². The number of rotatable bonds is 5. The van der Waals surface area contributed by atoms with E-state index in [9.17, 15) is 18.0 Å². The average molecular weight is 506 g/mol. The van der Waals surface area contributed by atoms with Gasteiger partial charge in [-0.15, -0.1) is 0 Å². The van der Waals surface area contributed by atoms with Crippen molar-refractivity contribution < 1.29 is 18.0 Å². The first-order valence-electron chi connectivity index (χ1n) is 12.1. The number of hydrogen-bond acceptors (Lipinski definition) is 6. The molecule has 2 N–H and O–H groups in total. The molecule has 9 nitrogen and oxygen atoms in total. The summed E-state index contributed by atoms with van der Waals surface area (Å²) in [7, 11) is -3.56. The van der Waals surface area contributed by atoms with E-state index in [2.05, 4.69) is 33.8 Å². The zero-order chi connectivity index (χ0) is 25.2. The second kappa shape index (κ2) is 7.99. The number of fused-ring (bicyclic) bond motifs is 3. The molecule has 186 valence electrons. The Morgan fingerprint density at radius 3 is 2.75 bits per heavy atom. The monoisotopic (exact) mass is 505 g/mol. The van der Waals surface area contributed by atoms with E-state index in [4.69, 9.17) is 5.10 Å². The van der Waals surface area contributed by atoms with Gasteiger partial charge >= 0.3 is 0 Å². The molecule has 1 aromatic carbocycles. The third-order valence-electron chi connectivity index (χ3n) is 7.29. The van der Waals surface area contributed by atoms with Crippen molar-refractivity contribution in [2.24, 2.45) is 0 Å². The van der Waals surface area contributed by atoms with Crippen LogP contribution < -0.4 is 10.6 Å². The van der Waals surface area contributed by atoms with E-state index in [0.717, 1.165) is 30.2 Å². The number of amides is 2. The van der Waals surface area contributed by atoms with E-state index >= 15 is 0 Å². The lowest BCUT2D eigenvalue weighted by atomic mass is 9.82. The van der Waals surface area contributed by atoms with Crippen molar-refractivity contribution >= 4 is 27.5 Å². The number of aromatic nitrogens is 3. The summed E-state index contributed by atoms with van der Waals surface area (Å²) in [5.74, 6) is -0.563. The molecular weight excluding hydrogens is 478 g/mol. The van der Waals surface area contributed by atoms with Gasteiger partial charge in [0, 0.05) is 18.9 Å². The van der Waals surface area contributed by atoms with E-state index in [1.54, 1.807) is 12.3 Å². The quantitative estimate of drug-likeness (QED) is 0.549. The molecule has 3 aromatic rings. The normalized spacial score (nSPS) is 20.7. The highest BCUT2D eigenvalue weighted by atomic mass is 32.2. The molecule has 0 radical (unpaired) electrons. The Balaban J connectivity index is 1.42. The minimum atomic E-state index is -3.56. The molecule has 0 bridgehead atoms. The fourth-order valence-corrected chi connectivity index (χ4v) is 6.01. The molecule has 1 saturated carbocycles. The molecule has 0 saturated heterocycles. The fourth-order valence-electron chi connectivity index (χ4n) is 5.46. The Kier molecular flexibility index (Phi) is 5.08. The number of sulfone groups is 1. The van der Waals surface area contributed by atoms with Gasteiger partial charge in [0.05, 0.1) is 11.2 Å². The van der Waals surface area contributed by atoms with Crippen LogP contribution in [0.5, 0.6) is 0 Å². The fraction of sp³-hybridized carbons (Fsp3) is 0.385. The molecule has 10 heteroatoms. The van der Waals surface area contributed by atoms with Gasteiger partial charge in [0.2, 0.25) is 5.91 Å². The van der Waals surface area contributed by atoms with Gasteiger partial charge in [-0.1, -0.05) is 24.3 Å². The SMILES string of the molecule is Cc1ccc(-n2nc3c(c2NC(=O)CS(C)(=O)=O)C(=O)N[C@@]2(CCc4cc(C5CC5)ccc42)C3)nc1. The summed E-state index contributed by atoms with van der Waals surface area (Å²) in [5, 5.41) is 10.6. The van der Waals surface area contributed by atoms with Crippen LogP contribution in [-0.4, -0.2) is 47.0 Å². The molecule has 36 heavy (non-hydrogen) atoms. The summed E-state index contributed by atoms with van der Waals surface area (Å²) >= 11 is 0. The molecule has 1 aliphatic heterocycles. The van der Waals surface area contributed by atoms with Crippen molar-refractivity contribution in [1.29, 1.82) is 0 Å². The Bertz CT molecular complexity index is 1520. The van der Waals surface area contributed by atoms with Gasteiger partial charge in [0.1, 0.15) is 11.3 Å². The molecule has 3 aliphatic rings. The van der Waals surface area contributed by atoms with Crippen LogP contribution in [-0.2, 0) is 33.0 Å². The lowest BCUT2D eigenvalue weighted by molar-refractivity contribution is -0.113. The number of aryl methyl sites for hydroxylation is 2. The molecule has 1 atom stereocenters. The second-order valence-corrected chi connectivity index (χ2v) is 12.4. The second-order valence-electron chi connectivity index (χ2n) is 10.3. The predicted octanol–water partition coefficient (Wildman–Crippen LogP) is 2.56. The van der Waals surface area contributed by atoms with Crippen molar-refractivity contribution in [2.75, 3.05) is 17.3 Å². The van der Waals surface area contributed by atoms with Crippen LogP contribution >= 0.6 is 0 Å². The Morgan fingerprint density at radius 1 is 1.25 bits per heavy atom. The Morgan fingerprint density at radius 2 is 2.06 bits per heavy atom. The van der Waals surface area contributed by atoms with Crippen molar-refractivity contribution in [3.05, 3.63) is 70.0 Å². The third-order valence-corrected chi connectivity index (χ3v) is 8.07. The summed E-state index contributed by atoms with van der Waals surface area (Å²) in [6.45, 7) is 1.91. The highest BCUT2D eigenvalue weighted by Gasteiger charge is 2.47. The summed E-state index contributed by atoms with van der Waals surface area (Å²) in [6.07, 6.45) is 7.26. The molecular formula is C26H27N5O4S. The Labute approximate surface area is 209 Å². The van der Waals surface area contributed by atoms with Crippen molar-refractivity contribution in [3.8, 4) is 5.82 Å². The van der Waals surface area contributed by atoms with Crippen LogP contribution in [0.25, 0.3) is 5.82 Å². The molecule has 2 aromatic heterocycles. The number of carbonyl (C=O) groups is 2. The van der Waals surface area contributed by atoms with E-state index in [1.807, 2.05) is 13.0 Å². The maximum absolute atomic E-state index is 13.6. The van der Waals surface area contributed by atoms with Crippen LogP contribution in [0.3, 0.4) is 0 Å². The number of hydrogen-bond donors (Lipinski definition) is 2. The lowest BCUT2D eigenvalue weighted by Gasteiger charge is -2.35. The van der Waals surface area contributed by atoms with Gasteiger partial charge in [-0.3, -0.25) is 9.59 Å². The van der Waals surface area contributed by atoms with Crippen LogP contribution in [0.1, 0.15) is 63.5 Å². The zero-order valence-corrected chi connectivity index (χ0v) is 21.0. The first kappa shape index (κ1) is 22.9. The molecule has 1 spiro atoms. The smallest absolute Gasteiger partial charge is 0.257 e. The van der Waals surface area contributed by atoms with Gasteiger partial charge in [0.15, 0.2) is 21.5 Å². The molecule has 3 heterocycles. The maximum Gasteiger partial charge on any atom is 0.257 e. The van der Waals surface area contributed by atoms with E-state index in [-0.39, 0.29) is 17.3 Å². The van der Waals surface area contributed by atoms with E-state index in [1.165, 1.54) is 28.7 Å². The number of nitrogens with one attached hydrogen (secondary N) is 2. The number of benzene rings is 1. The van der Waals surface area contributed by atoms with Gasteiger partial charge in [-0.25, -0.2) is 13.4 Å². The first-order chi connectivity index (χ1) is 17.1. The van der Waals surface area contributed by atoms with E-state index < -0.39 is 27.0 Å². The molecule has 2 aliphatic carbocycles. The van der Waals surface area contributed by atoms with Crippen molar-refractivity contribution in [3.63, 3.8) is 0 Å². The molecule has 1 fully saturated rings. The highest BCUT2D eigenvalue weighted by Crippen LogP contribution is 2.46. The van der Waals surface area contributed by atoms with Gasteiger partial charge in [-0.2, -0.15) is 9.78 Å². The molecule has 0 unspecified atom stereocenters.